The van der Waals surface area contributed by atoms with Crippen LogP contribution in [0, 0.1) is 5.82 Å². The Hall–Kier alpha value is -1.84. The van der Waals surface area contributed by atoms with Gasteiger partial charge in [0.15, 0.2) is 11.6 Å². The zero-order chi connectivity index (χ0) is 14.2. The number of amides is 1. The molecule has 1 aliphatic carbocycles. The lowest BCUT2D eigenvalue weighted by Gasteiger charge is -2.41. The average Bonchev–Trinajstić information content (AvgIpc) is 2.85. The van der Waals surface area contributed by atoms with Gasteiger partial charge in [0.25, 0.3) is 5.91 Å². The number of hydrogen-bond donors (Lipinski definition) is 1. The molecule has 2 aliphatic rings. The van der Waals surface area contributed by atoms with Crippen molar-refractivity contribution in [2.24, 2.45) is 0 Å². The van der Waals surface area contributed by atoms with Gasteiger partial charge in [0.1, 0.15) is 0 Å². The first-order valence-electron chi connectivity index (χ1n) is 7.11. The summed E-state index contributed by atoms with van der Waals surface area (Å²) in [4.78, 5) is 14.5. The van der Waals surface area contributed by atoms with Crippen LogP contribution in [0.25, 0.3) is 0 Å². The lowest BCUT2D eigenvalue weighted by molar-refractivity contribution is 0.0566. The molecule has 3 nitrogen and oxygen atoms in total. The Balaban J connectivity index is 1.88. The maximum absolute atomic E-state index is 13.4. The maximum atomic E-state index is 13.4. The number of carbonyl (C=O) groups is 1. The molecular formula is C16H18FNO2. The van der Waals surface area contributed by atoms with Crippen LogP contribution in [0.3, 0.4) is 0 Å². The minimum absolute atomic E-state index is 0.157. The number of benzene rings is 1. The van der Waals surface area contributed by atoms with Gasteiger partial charge in [0, 0.05) is 12.1 Å². The zero-order valence-corrected chi connectivity index (χ0v) is 11.3. The standard InChI is InChI=1S/C16H18FNO2/c17-13-11-12(5-6-14(13)19)15(20)18-10-4-9-16(18)7-2-1-3-8-16/h4-6,9,11,19H,1-3,7-8,10H2. The highest BCUT2D eigenvalue weighted by Gasteiger charge is 2.41. The van der Waals surface area contributed by atoms with E-state index >= 15 is 0 Å². The van der Waals surface area contributed by atoms with Crippen LogP contribution in [0.4, 0.5) is 4.39 Å². The minimum Gasteiger partial charge on any atom is -0.505 e. The highest BCUT2D eigenvalue weighted by Crippen LogP contribution is 2.38. The Labute approximate surface area is 117 Å². The molecule has 4 heteroatoms. The molecule has 3 rings (SSSR count). The summed E-state index contributed by atoms with van der Waals surface area (Å²) in [6.45, 7) is 0.585. The number of nitrogens with zero attached hydrogens (tertiary/aromatic N) is 1. The third-order valence-electron chi connectivity index (χ3n) is 4.41. The molecule has 0 saturated heterocycles. The van der Waals surface area contributed by atoms with Gasteiger partial charge in [-0.2, -0.15) is 0 Å². The van der Waals surface area contributed by atoms with Crippen molar-refractivity contribution in [1.82, 2.24) is 4.90 Å². The van der Waals surface area contributed by atoms with E-state index in [0.29, 0.717) is 12.1 Å². The lowest BCUT2D eigenvalue weighted by Crippen LogP contribution is -2.48. The molecule has 0 atom stereocenters. The Morgan fingerprint density at radius 3 is 2.70 bits per heavy atom. The number of rotatable bonds is 1. The first kappa shape index (κ1) is 13.2. The Bertz CT molecular complexity index is 562. The van der Waals surface area contributed by atoms with E-state index in [1.54, 1.807) is 0 Å². The molecule has 20 heavy (non-hydrogen) atoms. The molecule has 0 radical (unpaired) electrons. The summed E-state index contributed by atoms with van der Waals surface area (Å²) in [5.74, 6) is -1.33. The quantitative estimate of drug-likeness (QED) is 0.799. The molecule has 1 spiro atoms. The van der Waals surface area contributed by atoms with Gasteiger partial charge in [-0.05, 0) is 31.0 Å². The fourth-order valence-corrected chi connectivity index (χ4v) is 3.33. The van der Waals surface area contributed by atoms with Crippen LogP contribution in [0.1, 0.15) is 42.5 Å². The molecule has 1 N–H and O–H groups in total. The summed E-state index contributed by atoms with van der Waals surface area (Å²) < 4.78 is 13.4. The summed E-state index contributed by atoms with van der Waals surface area (Å²) in [5.41, 5.74) is 0.123. The van der Waals surface area contributed by atoms with Gasteiger partial charge in [-0.25, -0.2) is 4.39 Å². The molecule has 0 aromatic heterocycles. The van der Waals surface area contributed by atoms with Crippen molar-refractivity contribution in [3.63, 3.8) is 0 Å². The van der Waals surface area contributed by atoms with Crippen molar-refractivity contribution in [1.29, 1.82) is 0 Å². The second-order valence-electron chi connectivity index (χ2n) is 5.65. The van der Waals surface area contributed by atoms with Crippen molar-refractivity contribution in [2.75, 3.05) is 6.54 Å². The molecule has 1 aromatic rings. The fourth-order valence-electron chi connectivity index (χ4n) is 3.33. The normalized spacial score (nSPS) is 20.6. The van der Waals surface area contributed by atoms with Gasteiger partial charge in [0.05, 0.1) is 5.54 Å². The zero-order valence-electron chi connectivity index (χ0n) is 11.3. The Morgan fingerprint density at radius 2 is 2.00 bits per heavy atom. The van der Waals surface area contributed by atoms with Gasteiger partial charge >= 0.3 is 0 Å². The highest BCUT2D eigenvalue weighted by molar-refractivity contribution is 5.95. The number of halogens is 1. The Morgan fingerprint density at radius 1 is 1.25 bits per heavy atom. The molecular weight excluding hydrogens is 257 g/mol. The van der Waals surface area contributed by atoms with Crippen LogP contribution in [0.2, 0.25) is 0 Å². The molecule has 1 saturated carbocycles. The third-order valence-corrected chi connectivity index (χ3v) is 4.41. The largest absolute Gasteiger partial charge is 0.505 e. The Kier molecular flexibility index (Phi) is 3.24. The van der Waals surface area contributed by atoms with E-state index in [1.165, 1.54) is 18.6 Å². The number of phenols is 1. The molecule has 0 bridgehead atoms. The van der Waals surface area contributed by atoms with Crippen LogP contribution in [0.5, 0.6) is 5.75 Å². The van der Waals surface area contributed by atoms with E-state index in [0.717, 1.165) is 31.7 Å². The fraction of sp³-hybridized carbons (Fsp3) is 0.438. The van der Waals surface area contributed by atoms with Gasteiger partial charge in [-0.1, -0.05) is 31.4 Å². The van der Waals surface area contributed by atoms with Crippen molar-refractivity contribution < 1.29 is 14.3 Å². The van der Waals surface area contributed by atoms with Crippen molar-refractivity contribution in [3.8, 4) is 5.75 Å². The van der Waals surface area contributed by atoms with E-state index in [9.17, 15) is 14.3 Å². The smallest absolute Gasteiger partial charge is 0.254 e. The van der Waals surface area contributed by atoms with Crippen LogP contribution < -0.4 is 0 Å². The van der Waals surface area contributed by atoms with Crippen LogP contribution in [0.15, 0.2) is 30.4 Å². The number of carbonyl (C=O) groups excluding carboxylic acids is 1. The molecule has 1 amide bonds. The number of hydrogen-bond acceptors (Lipinski definition) is 2. The molecule has 1 fully saturated rings. The maximum Gasteiger partial charge on any atom is 0.254 e. The first-order valence-corrected chi connectivity index (χ1v) is 7.11. The monoisotopic (exact) mass is 275 g/mol. The summed E-state index contributed by atoms with van der Waals surface area (Å²) in [7, 11) is 0. The van der Waals surface area contributed by atoms with Crippen LogP contribution in [-0.4, -0.2) is 28.0 Å². The topological polar surface area (TPSA) is 40.5 Å². The molecule has 1 heterocycles. The average molecular weight is 275 g/mol. The summed E-state index contributed by atoms with van der Waals surface area (Å²) in [6.07, 6.45) is 9.59. The predicted molar refractivity (Wildman–Crippen MR) is 74.1 cm³/mol. The third kappa shape index (κ3) is 2.09. The van der Waals surface area contributed by atoms with E-state index in [4.69, 9.17) is 0 Å². The van der Waals surface area contributed by atoms with Crippen LogP contribution >= 0.6 is 0 Å². The minimum atomic E-state index is -0.749. The summed E-state index contributed by atoms with van der Waals surface area (Å²) in [5, 5.41) is 9.22. The molecule has 0 unspecified atom stereocenters. The molecule has 1 aliphatic heterocycles. The van der Waals surface area contributed by atoms with Crippen molar-refractivity contribution in [3.05, 3.63) is 41.7 Å². The molecule has 1 aromatic carbocycles. The number of phenolic OH excluding ortho intramolecular Hbond substituents is 1. The van der Waals surface area contributed by atoms with E-state index in [-0.39, 0.29) is 11.4 Å². The lowest BCUT2D eigenvalue weighted by atomic mass is 9.81. The van der Waals surface area contributed by atoms with Gasteiger partial charge in [-0.15, -0.1) is 0 Å². The van der Waals surface area contributed by atoms with Gasteiger partial charge in [-0.3, -0.25) is 4.79 Å². The van der Waals surface area contributed by atoms with Gasteiger partial charge < -0.3 is 10.0 Å². The number of aromatic hydroxyl groups is 1. The predicted octanol–water partition coefficient (Wildman–Crippen LogP) is 3.25. The van der Waals surface area contributed by atoms with Gasteiger partial charge in [0.2, 0.25) is 0 Å². The highest BCUT2D eigenvalue weighted by atomic mass is 19.1. The van der Waals surface area contributed by atoms with E-state index < -0.39 is 11.6 Å². The van der Waals surface area contributed by atoms with E-state index in [2.05, 4.69) is 6.08 Å². The first-order chi connectivity index (χ1) is 9.62. The summed E-state index contributed by atoms with van der Waals surface area (Å²) >= 11 is 0. The van der Waals surface area contributed by atoms with Crippen molar-refractivity contribution in [2.45, 2.75) is 37.6 Å². The summed E-state index contributed by atoms with van der Waals surface area (Å²) in [6, 6.07) is 3.84. The molecule has 106 valence electrons. The second-order valence-corrected chi connectivity index (χ2v) is 5.65. The van der Waals surface area contributed by atoms with E-state index in [1.807, 2.05) is 11.0 Å². The van der Waals surface area contributed by atoms with Crippen LogP contribution in [-0.2, 0) is 0 Å². The van der Waals surface area contributed by atoms with Crippen molar-refractivity contribution >= 4 is 5.91 Å². The SMILES string of the molecule is O=C(c1ccc(O)c(F)c1)N1CC=CC12CCCCC2. The second kappa shape index (κ2) is 4.93.